The molecule has 4 rings (SSSR count). The van der Waals surface area contributed by atoms with Crippen LogP contribution >= 0.6 is 0 Å². The van der Waals surface area contributed by atoms with Crippen LogP contribution in [-0.4, -0.2) is 44.8 Å². The Morgan fingerprint density at radius 2 is 1.80 bits per heavy atom. The Bertz CT molecular complexity index is 1020. The van der Waals surface area contributed by atoms with Gasteiger partial charge in [0.25, 0.3) is 0 Å². The Hall–Kier alpha value is -2.91. The van der Waals surface area contributed by atoms with Gasteiger partial charge in [-0.2, -0.15) is 5.26 Å². The molecule has 1 N–H and O–H groups in total. The summed E-state index contributed by atoms with van der Waals surface area (Å²) in [5.74, 6) is 0.606. The number of nitriles is 1. The average Bonchev–Trinajstić information content (AvgIpc) is 2.82. The van der Waals surface area contributed by atoms with Gasteiger partial charge in [-0.05, 0) is 22.4 Å². The third kappa shape index (κ3) is 4.31. The Kier molecular flexibility index (Phi) is 6.60. The number of methoxy groups -OCH3 is 1. The second-order valence-electron chi connectivity index (χ2n) is 7.50. The highest BCUT2D eigenvalue weighted by Gasteiger charge is 2.23. The molecule has 3 aromatic carbocycles. The number of hydrogen-bond donors (Lipinski definition) is 1. The van der Waals surface area contributed by atoms with Gasteiger partial charge in [0.15, 0.2) is 0 Å². The molecule has 0 aromatic heterocycles. The minimum absolute atomic E-state index is 0.199. The maximum Gasteiger partial charge on any atom is 0.142 e. The number of ether oxygens (including phenoxy) is 2. The van der Waals surface area contributed by atoms with Gasteiger partial charge in [0, 0.05) is 31.7 Å². The van der Waals surface area contributed by atoms with Crippen molar-refractivity contribution in [3.8, 4) is 11.8 Å². The lowest BCUT2D eigenvalue weighted by Gasteiger charge is -2.35. The Labute approximate surface area is 177 Å². The van der Waals surface area contributed by atoms with Gasteiger partial charge >= 0.3 is 0 Å². The molecule has 0 spiro atoms. The fourth-order valence-corrected chi connectivity index (χ4v) is 4.22. The molecule has 0 radical (unpaired) electrons. The number of fused-ring (bicyclic) bond motifs is 1. The molecule has 0 amide bonds. The van der Waals surface area contributed by atoms with E-state index in [2.05, 4.69) is 46.6 Å². The van der Waals surface area contributed by atoms with Crippen LogP contribution in [0.4, 0.5) is 0 Å². The topological polar surface area (TPSA) is 57.5 Å². The number of rotatable bonds is 7. The Morgan fingerprint density at radius 3 is 2.53 bits per heavy atom. The molecule has 1 saturated heterocycles. The van der Waals surface area contributed by atoms with E-state index in [-0.39, 0.29) is 6.04 Å². The average molecular weight is 402 g/mol. The van der Waals surface area contributed by atoms with Gasteiger partial charge in [-0.3, -0.25) is 4.90 Å². The first-order valence-electron chi connectivity index (χ1n) is 10.4. The third-order valence-corrected chi connectivity index (χ3v) is 5.73. The summed E-state index contributed by atoms with van der Waals surface area (Å²) in [5.41, 5.74) is 2.73. The maximum absolute atomic E-state index is 9.58. The second-order valence-corrected chi connectivity index (χ2v) is 7.50. The molecule has 0 aliphatic carbocycles. The minimum atomic E-state index is 0.199. The van der Waals surface area contributed by atoms with Crippen molar-refractivity contribution in [3.63, 3.8) is 0 Å². The van der Waals surface area contributed by atoms with E-state index in [4.69, 9.17) is 9.47 Å². The summed E-state index contributed by atoms with van der Waals surface area (Å²) in [6.45, 7) is 4.96. The van der Waals surface area contributed by atoms with Crippen LogP contribution in [0, 0.1) is 11.3 Å². The normalized spacial score (nSPS) is 15.6. The zero-order valence-electron chi connectivity index (χ0n) is 17.3. The lowest BCUT2D eigenvalue weighted by atomic mass is 10.00. The molecule has 3 aromatic rings. The van der Waals surface area contributed by atoms with E-state index in [9.17, 15) is 5.26 Å². The van der Waals surface area contributed by atoms with Gasteiger partial charge in [-0.25, -0.2) is 0 Å². The fraction of sp³-hybridized carbons (Fsp3) is 0.320. The van der Waals surface area contributed by atoms with Gasteiger partial charge in [0.1, 0.15) is 11.8 Å². The van der Waals surface area contributed by atoms with E-state index in [0.29, 0.717) is 24.5 Å². The molecule has 1 aliphatic rings. The largest absolute Gasteiger partial charge is 0.495 e. The van der Waals surface area contributed by atoms with Gasteiger partial charge < -0.3 is 14.8 Å². The lowest BCUT2D eigenvalue weighted by molar-refractivity contribution is 0.0439. The predicted octanol–water partition coefficient (Wildman–Crippen LogP) is 3.88. The zero-order chi connectivity index (χ0) is 20.8. The predicted molar refractivity (Wildman–Crippen MR) is 118 cm³/mol. The maximum atomic E-state index is 9.58. The van der Waals surface area contributed by atoms with Gasteiger partial charge in [-0.15, -0.1) is 0 Å². The van der Waals surface area contributed by atoms with E-state index >= 15 is 0 Å². The molecule has 5 heteroatoms. The van der Waals surface area contributed by atoms with E-state index in [1.165, 1.54) is 5.56 Å². The van der Waals surface area contributed by atoms with Crippen LogP contribution in [0.2, 0.25) is 0 Å². The van der Waals surface area contributed by atoms with Crippen LogP contribution in [0.15, 0.2) is 60.7 Å². The van der Waals surface area contributed by atoms with Crippen molar-refractivity contribution in [2.45, 2.75) is 12.6 Å². The standard InChI is InChI=1S/C25H27N3O2/c1-29-25-21(16-26)15-20-9-5-6-10-22(20)23(25)17-30-18-24(19-7-3-2-4-8-19)28-13-11-27-12-14-28/h2-10,15,24,27H,11-14,17-18H2,1H3. The molecule has 5 nitrogen and oxygen atoms in total. The summed E-state index contributed by atoms with van der Waals surface area (Å²) >= 11 is 0. The summed E-state index contributed by atoms with van der Waals surface area (Å²) in [4.78, 5) is 2.48. The van der Waals surface area contributed by atoms with Crippen molar-refractivity contribution in [2.24, 2.45) is 0 Å². The summed E-state index contributed by atoms with van der Waals surface area (Å²) in [6, 6.07) is 22.9. The number of benzene rings is 3. The van der Waals surface area contributed by atoms with Crippen molar-refractivity contribution in [3.05, 3.63) is 77.4 Å². The van der Waals surface area contributed by atoms with Crippen molar-refractivity contribution in [1.82, 2.24) is 10.2 Å². The van der Waals surface area contributed by atoms with Gasteiger partial charge in [0.2, 0.25) is 0 Å². The van der Waals surface area contributed by atoms with E-state index in [1.54, 1.807) is 7.11 Å². The molecule has 0 saturated carbocycles. The van der Waals surface area contributed by atoms with Crippen molar-refractivity contribution in [1.29, 1.82) is 5.26 Å². The lowest BCUT2D eigenvalue weighted by Crippen LogP contribution is -2.46. The number of piperazine rings is 1. The molecule has 1 unspecified atom stereocenters. The molecular weight excluding hydrogens is 374 g/mol. The third-order valence-electron chi connectivity index (χ3n) is 5.73. The highest BCUT2D eigenvalue weighted by Crippen LogP contribution is 2.33. The van der Waals surface area contributed by atoms with E-state index in [1.807, 2.05) is 30.3 Å². The van der Waals surface area contributed by atoms with Crippen LogP contribution in [0.1, 0.15) is 22.7 Å². The SMILES string of the molecule is COc1c(C#N)cc2ccccc2c1COCC(c1ccccc1)N1CCNCC1. The monoisotopic (exact) mass is 401 g/mol. The van der Waals surface area contributed by atoms with Crippen molar-refractivity contribution in [2.75, 3.05) is 39.9 Å². The van der Waals surface area contributed by atoms with E-state index in [0.717, 1.165) is 42.5 Å². The highest BCUT2D eigenvalue weighted by molar-refractivity contribution is 5.89. The molecule has 30 heavy (non-hydrogen) atoms. The first kappa shape index (κ1) is 20.4. The van der Waals surface area contributed by atoms with Crippen LogP contribution in [0.5, 0.6) is 5.75 Å². The number of hydrogen-bond acceptors (Lipinski definition) is 5. The first-order valence-corrected chi connectivity index (χ1v) is 10.4. The summed E-state index contributed by atoms with van der Waals surface area (Å²) < 4.78 is 11.9. The minimum Gasteiger partial charge on any atom is -0.495 e. The molecule has 1 aliphatic heterocycles. The molecular formula is C25H27N3O2. The number of nitrogens with one attached hydrogen (secondary N) is 1. The van der Waals surface area contributed by atoms with Crippen LogP contribution in [-0.2, 0) is 11.3 Å². The Morgan fingerprint density at radius 1 is 1.07 bits per heavy atom. The van der Waals surface area contributed by atoms with Crippen LogP contribution < -0.4 is 10.1 Å². The fourth-order valence-electron chi connectivity index (χ4n) is 4.22. The smallest absolute Gasteiger partial charge is 0.142 e. The van der Waals surface area contributed by atoms with Crippen molar-refractivity contribution >= 4 is 10.8 Å². The molecule has 154 valence electrons. The van der Waals surface area contributed by atoms with Gasteiger partial charge in [0.05, 0.1) is 31.9 Å². The Balaban J connectivity index is 1.59. The molecule has 0 bridgehead atoms. The molecule has 1 atom stereocenters. The molecule has 1 heterocycles. The molecule has 1 fully saturated rings. The number of nitrogens with zero attached hydrogens (tertiary/aromatic N) is 2. The highest BCUT2D eigenvalue weighted by atomic mass is 16.5. The van der Waals surface area contributed by atoms with Gasteiger partial charge in [-0.1, -0.05) is 54.6 Å². The first-order chi connectivity index (χ1) is 14.8. The summed E-state index contributed by atoms with van der Waals surface area (Å²) in [6.07, 6.45) is 0. The van der Waals surface area contributed by atoms with E-state index < -0.39 is 0 Å². The second kappa shape index (κ2) is 9.73. The summed E-state index contributed by atoms with van der Waals surface area (Å²) in [7, 11) is 1.61. The summed E-state index contributed by atoms with van der Waals surface area (Å²) in [5, 5.41) is 15.1. The zero-order valence-corrected chi connectivity index (χ0v) is 17.3. The van der Waals surface area contributed by atoms with Crippen molar-refractivity contribution < 1.29 is 9.47 Å². The van der Waals surface area contributed by atoms with Crippen LogP contribution in [0.25, 0.3) is 10.8 Å². The quantitative estimate of drug-likeness (QED) is 0.651. The van der Waals surface area contributed by atoms with Crippen LogP contribution in [0.3, 0.4) is 0 Å².